The third-order valence-electron chi connectivity index (χ3n) is 5.95. The van der Waals surface area contributed by atoms with Crippen molar-refractivity contribution in [1.29, 1.82) is 0 Å². The van der Waals surface area contributed by atoms with Crippen LogP contribution in [0.25, 0.3) is 17.0 Å². The standard InChI is InChI=1S/C27H23FN4O3/c1-16-5-4-6-19(15-16)25-30-26(35-31-25)23-17(2)32(21-11-13-22(34-3)14-12-21)27(33)29-24(23)18-7-9-20(28)10-8-18/h4-15,24H,1-3H3,(H,29,33). The van der Waals surface area contributed by atoms with Crippen LogP contribution in [0.1, 0.15) is 30.0 Å². The first kappa shape index (κ1) is 22.3. The quantitative estimate of drug-likeness (QED) is 0.393. The molecule has 3 aromatic carbocycles. The predicted octanol–water partition coefficient (Wildman–Crippen LogP) is 5.89. The summed E-state index contributed by atoms with van der Waals surface area (Å²) in [5.74, 6) is 1.02. The maximum Gasteiger partial charge on any atom is 0.326 e. The van der Waals surface area contributed by atoms with Crippen molar-refractivity contribution in [2.45, 2.75) is 19.9 Å². The molecule has 0 fully saturated rings. The lowest BCUT2D eigenvalue weighted by Gasteiger charge is -2.35. The minimum atomic E-state index is -0.608. The number of halogens is 1. The molecule has 1 unspecified atom stereocenters. The van der Waals surface area contributed by atoms with E-state index in [1.807, 2.05) is 38.1 Å². The zero-order chi connectivity index (χ0) is 24.5. The fourth-order valence-corrected chi connectivity index (χ4v) is 4.20. The van der Waals surface area contributed by atoms with Crippen LogP contribution in [0.3, 0.4) is 0 Å². The number of nitrogens with zero attached hydrogens (tertiary/aromatic N) is 3. The van der Waals surface area contributed by atoms with E-state index in [0.29, 0.717) is 34.1 Å². The number of methoxy groups -OCH3 is 1. The number of benzene rings is 3. The highest BCUT2D eigenvalue weighted by atomic mass is 19.1. The number of nitrogens with one attached hydrogen (secondary N) is 1. The molecule has 0 bridgehead atoms. The maximum atomic E-state index is 13.6. The second kappa shape index (κ2) is 9.06. The minimum absolute atomic E-state index is 0.270. The monoisotopic (exact) mass is 470 g/mol. The fraction of sp³-hybridized carbons (Fsp3) is 0.148. The van der Waals surface area contributed by atoms with Gasteiger partial charge in [-0.25, -0.2) is 9.18 Å². The molecule has 1 N–H and O–H groups in total. The van der Waals surface area contributed by atoms with Crippen LogP contribution in [0.15, 0.2) is 83.0 Å². The molecular weight excluding hydrogens is 447 g/mol. The van der Waals surface area contributed by atoms with Crippen LogP contribution in [0, 0.1) is 12.7 Å². The molecule has 2 amide bonds. The van der Waals surface area contributed by atoms with Crippen molar-refractivity contribution in [2.75, 3.05) is 12.0 Å². The molecule has 2 heterocycles. The van der Waals surface area contributed by atoms with Crippen molar-refractivity contribution in [3.05, 3.63) is 101 Å². The molecule has 8 heteroatoms. The number of aromatic nitrogens is 2. The summed E-state index contributed by atoms with van der Waals surface area (Å²) in [6.07, 6.45) is 0. The van der Waals surface area contributed by atoms with E-state index in [0.717, 1.165) is 11.1 Å². The Labute approximate surface area is 201 Å². The molecule has 35 heavy (non-hydrogen) atoms. The largest absolute Gasteiger partial charge is 0.497 e. The number of rotatable bonds is 5. The van der Waals surface area contributed by atoms with E-state index in [2.05, 4.69) is 15.5 Å². The minimum Gasteiger partial charge on any atom is -0.497 e. The number of aryl methyl sites for hydroxylation is 1. The Hall–Kier alpha value is -4.46. The summed E-state index contributed by atoms with van der Waals surface area (Å²) < 4.78 is 24.6. The average molecular weight is 471 g/mol. The Morgan fingerprint density at radius 2 is 1.77 bits per heavy atom. The maximum absolute atomic E-state index is 13.6. The van der Waals surface area contributed by atoms with Crippen molar-refractivity contribution in [3.8, 4) is 17.1 Å². The van der Waals surface area contributed by atoms with Gasteiger partial charge in [0.05, 0.1) is 24.4 Å². The number of hydrogen-bond acceptors (Lipinski definition) is 5. The number of allylic oxidation sites excluding steroid dienone is 1. The number of anilines is 1. The van der Waals surface area contributed by atoms with Gasteiger partial charge in [-0.2, -0.15) is 4.98 Å². The molecule has 0 aliphatic carbocycles. The van der Waals surface area contributed by atoms with Crippen molar-refractivity contribution < 1.29 is 18.4 Å². The Morgan fingerprint density at radius 3 is 2.46 bits per heavy atom. The third kappa shape index (κ3) is 4.26. The lowest BCUT2D eigenvalue weighted by molar-refractivity contribution is 0.244. The van der Waals surface area contributed by atoms with Crippen LogP contribution in [0.4, 0.5) is 14.9 Å². The molecule has 0 spiro atoms. The third-order valence-corrected chi connectivity index (χ3v) is 5.95. The van der Waals surface area contributed by atoms with Crippen molar-refractivity contribution in [2.24, 2.45) is 0 Å². The van der Waals surface area contributed by atoms with Gasteiger partial charge in [-0.15, -0.1) is 0 Å². The summed E-state index contributed by atoms with van der Waals surface area (Å²) in [6.45, 7) is 3.82. The smallest absolute Gasteiger partial charge is 0.326 e. The lowest BCUT2D eigenvalue weighted by atomic mass is 9.94. The van der Waals surface area contributed by atoms with Crippen LogP contribution < -0.4 is 15.0 Å². The normalized spacial score (nSPS) is 15.8. The zero-order valence-corrected chi connectivity index (χ0v) is 19.4. The highest BCUT2D eigenvalue weighted by molar-refractivity contribution is 6.01. The van der Waals surface area contributed by atoms with E-state index in [9.17, 15) is 9.18 Å². The van der Waals surface area contributed by atoms with Gasteiger partial charge < -0.3 is 14.6 Å². The molecule has 0 saturated carbocycles. The van der Waals surface area contributed by atoms with Gasteiger partial charge >= 0.3 is 6.03 Å². The van der Waals surface area contributed by atoms with Crippen LogP contribution in [-0.2, 0) is 0 Å². The van der Waals surface area contributed by atoms with E-state index < -0.39 is 6.04 Å². The Morgan fingerprint density at radius 1 is 1.03 bits per heavy atom. The second-order valence-corrected chi connectivity index (χ2v) is 8.26. The Bertz CT molecular complexity index is 1410. The van der Waals surface area contributed by atoms with E-state index in [1.165, 1.54) is 12.1 Å². The molecule has 1 aliphatic heterocycles. The van der Waals surface area contributed by atoms with Gasteiger partial charge in [-0.1, -0.05) is 41.1 Å². The van der Waals surface area contributed by atoms with Gasteiger partial charge in [-0.3, -0.25) is 4.90 Å². The zero-order valence-electron chi connectivity index (χ0n) is 19.4. The summed E-state index contributed by atoms with van der Waals surface area (Å²) in [5.41, 5.74) is 4.48. The highest BCUT2D eigenvalue weighted by Gasteiger charge is 2.36. The molecule has 0 saturated heterocycles. The summed E-state index contributed by atoms with van der Waals surface area (Å²) in [4.78, 5) is 19.5. The van der Waals surface area contributed by atoms with E-state index in [4.69, 9.17) is 9.26 Å². The first-order valence-electron chi connectivity index (χ1n) is 11.1. The Balaban J connectivity index is 1.64. The first-order valence-corrected chi connectivity index (χ1v) is 11.1. The number of carbonyl (C=O) groups is 1. The van der Waals surface area contributed by atoms with E-state index >= 15 is 0 Å². The van der Waals surface area contributed by atoms with E-state index in [-0.39, 0.29) is 17.7 Å². The van der Waals surface area contributed by atoms with E-state index in [1.54, 1.807) is 48.4 Å². The van der Waals surface area contributed by atoms with Gasteiger partial charge in [-0.05, 0) is 61.9 Å². The summed E-state index contributed by atoms with van der Waals surface area (Å²) in [6, 6.07) is 20.0. The van der Waals surface area contributed by atoms with Crippen LogP contribution in [0.5, 0.6) is 5.75 Å². The molecule has 1 aromatic heterocycles. The summed E-state index contributed by atoms with van der Waals surface area (Å²) >= 11 is 0. The van der Waals surface area contributed by atoms with Crippen LogP contribution in [-0.4, -0.2) is 23.3 Å². The SMILES string of the molecule is COc1ccc(N2C(=O)NC(c3ccc(F)cc3)C(c3nc(-c4cccc(C)c4)no3)=C2C)cc1. The number of hydrogen-bond donors (Lipinski definition) is 1. The Kier molecular flexibility index (Phi) is 5.78. The van der Waals surface area contributed by atoms with Gasteiger partial charge in [0.1, 0.15) is 11.6 Å². The van der Waals surface area contributed by atoms with Gasteiger partial charge in [0.2, 0.25) is 5.82 Å². The number of ether oxygens (including phenoxy) is 1. The molecule has 5 rings (SSSR count). The molecular formula is C27H23FN4O3. The average Bonchev–Trinajstić information content (AvgIpc) is 3.34. The molecule has 176 valence electrons. The van der Waals surface area contributed by atoms with Gasteiger partial charge in [0.15, 0.2) is 0 Å². The molecule has 1 atom stereocenters. The summed E-state index contributed by atoms with van der Waals surface area (Å²) in [7, 11) is 1.58. The first-order chi connectivity index (χ1) is 16.9. The van der Waals surface area contributed by atoms with Crippen molar-refractivity contribution >= 4 is 17.3 Å². The number of amides is 2. The summed E-state index contributed by atoms with van der Waals surface area (Å²) in [5, 5.41) is 7.20. The molecule has 1 aliphatic rings. The van der Waals surface area contributed by atoms with Crippen LogP contribution in [0.2, 0.25) is 0 Å². The van der Waals surface area contributed by atoms with Crippen molar-refractivity contribution in [1.82, 2.24) is 15.5 Å². The van der Waals surface area contributed by atoms with Gasteiger partial charge in [0.25, 0.3) is 5.89 Å². The highest BCUT2D eigenvalue weighted by Crippen LogP contribution is 2.39. The second-order valence-electron chi connectivity index (χ2n) is 8.26. The number of carbonyl (C=O) groups excluding carboxylic acids is 1. The predicted molar refractivity (Wildman–Crippen MR) is 130 cm³/mol. The number of urea groups is 1. The van der Waals surface area contributed by atoms with Crippen LogP contribution >= 0.6 is 0 Å². The molecule has 4 aromatic rings. The van der Waals surface area contributed by atoms with Gasteiger partial charge in [0, 0.05) is 11.3 Å². The topological polar surface area (TPSA) is 80.5 Å². The van der Waals surface area contributed by atoms with Crippen molar-refractivity contribution in [3.63, 3.8) is 0 Å². The fourth-order valence-electron chi connectivity index (χ4n) is 4.20. The molecule has 0 radical (unpaired) electrons. The lowest BCUT2D eigenvalue weighted by Crippen LogP contribution is -2.46. The molecule has 7 nitrogen and oxygen atoms in total.